The van der Waals surface area contributed by atoms with Gasteiger partial charge in [0.05, 0.1) is 12.6 Å². The Labute approximate surface area is 197 Å². The van der Waals surface area contributed by atoms with Gasteiger partial charge in [-0.1, -0.05) is 38.5 Å². The quantitative estimate of drug-likeness (QED) is 0.215. The summed E-state index contributed by atoms with van der Waals surface area (Å²) in [5.74, 6) is -3.14. The number of carboxylic acid groups (broad SMARTS) is 1. The molecule has 0 aliphatic carbocycles. The van der Waals surface area contributed by atoms with Gasteiger partial charge in [0.25, 0.3) is 0 Å². The van der Waals surface area contributed by atoms with Gasteiger partial charge in [0.2, 0.25) is 17.7 Å². The van der Waals surface area contributed by atoms with Gasteiger partial charge in [-0.3, -0.25) is 14.4 Å². The number of benzene rings is 1. The maximum absolute atomic E-state index is 12.9. The predicted molar refractivity (Wildman–Crippen MR) is 128 cm³/mol. The second-order valence-electron chi connectivity index (χ2n) is 7.89. The zero-order valence-corrected chi connectivity index (χ0v) is 19.5. The highest BCUT2D eigenvalue weighted by molar-refractivity contribution is 7.80. The molecule has 4 atom stereocenters. The number of carboxylic acids is 1. The van der Waals surface area contributed by atoms with Crippen molar-refractivity contribution in [1.82, 2.24) is 20.9 Å². The summed E-state index contributed by atoms with van der Waals surface area (Å²) in [6, 6.07) is 4.61. The standard InChI is InChI=1S/C22H31N5O5S/c1-3-12(2)19(23)21(30)27-16(8-13-9-24-15-7-5-4-6-14(13)15)20(29)25-10-18(28)26-17(11-33)22(31)32/h4-7,9,12,16-17,19,24,33H,3,8,10-11,23H2,1-2H3,(H,25,29)(H,26,28)(H,27,30)(H,31,32). The number of hydrogen-bond donors (Lipinski definition) is 7. The van der Waals surface area contributed by atoms with Crippen LogP contribution in [0.15, 0.2) is 30.5 Å². The highest BCUT2D eigenvalue weighted by Crippen LogP contribution is 2.19. The molecule has 0 aliphatic heterocycles. The SMILES string of the molecule is CCC(C)C(N)C(=O)NC(Cc1c[nH]c2ccccc12)C(=O)NCC(=O)NC(CS)C(=O)O. The van der Waals surface area contributed by atoms with Crippen molar-refractivity contribution in [2.75, 3.05) is 12.3 Å². The maximum Gasteiger partial charge on any atom is 0.327 e. The van der Waals surface area contributed by atoms with Crippen molar-refractivity contribution in [1.29, 1.82) is 0 Å². The molecule has 11 heteroatoms. The van der Waals surface area contributed by atoms with E-state index in [1.807, 2.05) is 38.1 Å². The van der Waals surface area contributed by atoms with Crippen molar-refractivity contribution in [2.24, 2.45) is 11.7 Å². The van der Waals surface area contributed by atoms with Crippen LogP contribution in [0.25, 0.3) is 10.9 Å². The maximum atomic E-state index is 12.9. The summed E-state index contributed by atoms with van der Waals surface area (Å²) >= 11 is 3.89. The first-order valence-corrected chi connectivity index (χ1v) is 11.3. The summed E-state index contributed by atoms with van der Waals surface area (Å²) in [6.45, 7) is 3.32. The van der Waals surface area contributed by atoms with Gasteiger partial charge in [0.15, 0.2) is 0 Å². The van der Waals surface area contributed by atoms with Crippen LogP contribution in [0.5, 0.6) is 0 Å². The normalized spacial score (nSPS) is 14.7. The minimum Gasteiger partial charge on any atom is -0.480 e. The molecule has 1 aromatic heterocycles. The molecule has 4 unspecified atom stereocenters. The van der Waals surface area contributed by atoms with Gasteiger partial charge in [-0.2, -0.15) is 12.6 Å². The smallest absolute Gasteiger partial charge is 0.327 e. The lowest BCUT2D eigenvalue weighted by Crippen LogP contribution is -2.55. The number of aromatic nitrogens is 1. The minimum absolute atomic E-state index is 0.0817. The zero-order valence-electron chi connectivity index (χ0n) is 18.6. The summed E-state index contributed by atoms with van der Waals surface area (Å²) in [4.78, 5) is 51.8. The van der Waals surface area contributed by atoms with E-state index in [9.17, 15) is 19.2 Å². The predicted octanol–water partition coefficient (Wildman–Crippen LogP) is 0.184. The highest BCUT2D eigenvalue weighted by Gasteiger charge is 2.27. The van der Waals surface area contributed by atoms with E-state index in [0.717, 1.165) is 16.5 Å². The van der Waals surface area contributed by atoms with E-state index in [2.05, 4.69) is 33.6 Å². The average Bonchev–Trinajstić information content (AvgIpc) is 3.21. The number of hydrogen-bond acceptors (Lipinski definition) is 6. The van der Waals surface area contributed by atoms with E-state index < -0.39 is 48.4 Å². The van der Waals surface area contributed by atoms with E-state index in [4.69, 9.17) is 10.8 Å². The number of amides is 3. The Balaban J connectivity index is 2.13. The summed E-state index contributed by atoms with van der Waals surface area (Å²) in [6.07, 6.45) is 2.64. The number of aromatic amines is 1. The molecule has 0 fully saturated rings. The van der Waals surface area contributed by atoms with Crippen molar-refractivity contribution in [3.05, 3.63) is 36.0 Å². The van der Waals surface area contributed by atoms with Gasteiger partial charge >= 0.3 is 5.97 Å². The van der Waals surface area contributed by atoms with Gasteiger partial charge in [-0.15, -0.1) is 0 Å². The Kier molecular flexibility index (Phi) is 9.74. The number of carbonyl (C=O) groups is 4. The molecule has 180 valence electrons. The lowest BCUT2D eigenvalue weighted by atomic mass is 9.98. The summed E-state index contributed by atoms with van der Waals surface area (Å²) in [5.41, 5.74) is 7.73. The van der Waals surface area contributed by atoms with Gasteiger partial charge in [0, 0.05) is 29.3 Å². The lowest BCUT2D eigenvalue weighted by Gasteiger charge is -2.23. The Hall–Kier alpha value is -3.05. The molecule has 0 saturated carbocycles. The van der Waals surface area contributed by atoms with Crippen LogP contribution in [0, 0.1) is 5.92 Å². The third-order valence-electron chi connectivity index (χ3n) is 5.53. The molecule has 33 heavy (non-hydrogen) atoms. The Morgan fingerprint density at radius 1 is 1.12 bits per heavy atom. The van der Waals surface area contributed by atoms with Crippen LogP contribution in [-0.4, -0.2) is 64.2 Å². The van der Waals surface area contributed by atoms with Crippen LogP contribution < -0.4 is 21.7 Å². The summed E-state index contributed by atoms with van der Waals surface area (Å²) < 4.78 is 0. The average molecular weight is 478 g/mol. The molecule has 0 spiro atoms. The topological polar surface area (TPSA) is 166 Å². The molecule has 3 amide bonds. The van der Waals surface area contributed by atoms with Crippen molar-refractivity contribution < 1.29 is 24.3 Å². The van der Waals surface area contributed by atoms with E-state index in [1.165, 1.54) is 0 Å². The van der Waals surface area contributed by atoms with Gasteiger partial charge < -0.3 is 31.8 Å². The number of rotatable bonds is 12. The van der Waals surface area contributed by atoms with Gasteiger partial charge in [-0.25, -0.2) is 4.79 Å². The van der Waals surface area contributed by atoms with Crippen molar-refractivity contribution in [2.45, 2.75) is 44.8 Å². The van der Waals surface area contributed by atoms with Crippen LogP contribution in [-0.2, 0) is 25.6 Å². The Bertz CT molecular complexity index is 994. The molecule has 1 heterocycles. The van der Waals surface area contributed by atoms with E-state index in [0.29, 0.717) is 6.42 Å². The number of thiol groups is 1. The number of H-pyrrole nitrogens is 1. The van der Waals surface area contributed by atoms with Crippen molar-refractivity contribution in [3.8, 4) is 0 Å². The van der Waals surface area contributed by atoms with Crippen LogP contribution >= 0.6 is 12.6 Å². The zero-order chi connectivity index (χ0) is 24.5. The summed E-state index contributed by atoms with van der Waals surface area (Å²) in [7, 11) is 0. The van der Waals surface area contributed by atoms with E-state index in [-0.39, 0.29) is 18.1 Å². The first kappa shape index (κ1) is 26.2. The minimum atomic E-state index is -1.23. The Morgan fingerprint density at radius 3 is 2.45 bits per heavy atom. The third kappa shape index (κ3) is 7.22. The first-order valence-electron chi connectivity index (χ1n) is 10.7. The largest absolute Gasteiger partial charge is 0.480 e. The molecule has 7 N–H and O–H groups in total. The fourth-order valence-electron chi connectivity index (χ4n) is 3.23. The number of aliphatic carboxylic acids is 1. The molecule has 0 aliphatic rings. The fraction of sp³-hybridized carbons (Fsp3) is 0.455. The molecule has 0 radical (unpaired) electrons. The van der Waals surface area contributed by atoms with E-state index >= 15 is 0 Å². The van der Waals surface area contributed by atoms with Crippen LogP contribution in [0.4, 0.5) is 0 Å². The molecule has 1 aromatic carbocycles. The van der Waals surface area contributed by atoms with Crippen LogP contribution in [0.2, 0.25) is 0 Å². The first-order chi connectivity index (χ1) is 15.7. The number of nitrogens with two attached hydrogens (primary N) is 1. The number of para-hydroxylation sites is 1. The number of fused-ring (bicyclic) bond motifs is 1. The molecule has 2 aromatic rings. The molecular weight excluding hydrogens is 446 g/mol. The number of nitrogens with one attached hydrogen (secondary N) is 4. The van der Waals surface area contributed by atoms with E-state index in [1.54, 1.807) is 6.20 Å². The lowest BCUT2D eigenvalue weighted by molar-refractivity contribution is -0.141. The van der Waals surface area contributed by atoms with Crippen molar-refractivity contribution in [3.63, 3.8) is 0 Å². The van der Waals surface area contributed by atoms with Crippen LogP contribution in [0.1, 0.15) is 25.8 Å². The molecule has 2 rings (SSSR count). The number of carbonyl (C=O) groups excluding carboxylic acids is 3. The van der Waals surface area contributed by atoms with Gasteiger partial charge in [0.1, 0.15) is 12.1 Å². The molecule has 0 saturated heterocycles. The third-order valence-corrected chi connectivity index (χ3v) is 5.90. The monoisotopic (exact) mass is 477 g/mol. The molecule has 10 nitrogen and oxygen atoms in total. The summed E-state index contributed by atoms with van der Waals surface area (Å²) in [5, 5.41) is 17.4. The Morgan fingerprint density at radius 2 is 1.82 bits per heavy atom. The molecule has 0 bridgehead atoms. The fourth-order valence-corrected chi connectivity index (χ4v) is 3.48. The second kappa shape index (κ2) is 12.3. The van der Waals surface area contributed by atoms with Crippen molar-refractivity contribution >= 4 is 47.2 Å². The second-order valence-corrected chi connectivity index (χ2v) is 8.26. The van der Waals surface area contributed by atoms with Crippen LogP contribution in [0.3, 0.4) is 0 Å². The van der Waals surface area contributed by atoms with Gasteiger partial charge in [-0.05, 0) is 17.5 Å². The highest BCUT2D eigenvalue weighted by atomic mass is 32.1. The molecular formula is C22H31N5O5S.